The van der Waals surface area contributed by atoms with Crippen molar-refractivity contribution in [1.29, 1.82) is 0 Å². The van der Waals surface area contributed by atoms with Gasteiger partial charge in [-0.1, -0.05) is 28.9 Å². The van der Waals surface area contributed by atoms with Crippen LogP contribution in [-0.4, -0.2) is 15.0 Å². The summed E-state index contributed by atoms with van der Waals surface area (Å²) in [6.45, 7) is 2.68. The fourth-order valence-electron chi connectivity index (χ4n) is 1.51. The second-order valence-electron chi connectivity index (χ2n) is 3.63. The van der Waals surface area contributed by atoms with Gasteiger partial charge in [0.15, 0.2) is 0 Å². The molecule has 2 aromatic rings. The predicted molar refractivity (Wildman–Crippen MR) is 64.5 cm³/mol. The van der Waals surface area contributed by atoms with Crippen LogP contribution >= 0.6 is 11.6 Å². The number of nitrogens with zero attached hydrogens (tertiary/aromatic N) is 3. The molecule has 16 heavy (non-hydrogen) atoms. The average molecular weight is 237 g/mol. The predicted octanol–water partition coefficient (Wildman–Crippen LogP) is 2.39. The summed E-state index contributed by atoms with van der Waals surface area (Å²) in [5, 5.41) is 11.7. The minimum Gasteiger partial charge on any atom is -0.378 e. The Labute approximate surface area is 99.2 Å². The molecule has 0 unspecified atom stereocenters. The summed E-state index contributed by atoms with van der Waals surface area (Å²) in [7, 11) is 1.86. The highest BCUT2D eigenvalue weighted by molar-refractivity contribution is 6.33. The molecule has 1 N–H and O–H groups in total. The number of nitrogens with one attached hydrogen (secondary N) is 1. The molecule has 84 valence electrons. The first kappa shape index (κ1) is 11.0. The van der Waals surface area contributed by atoms with Gasteiger partial charge in [-0.25, -0.2) is 0 Å². The third-order valence-electron chi connectivity index (χ3n) is 2.48. The van der Waals surface area contributed by atoms with E-state index in [0.29, 0.717) is 6.54 Å². The molecule has 2 rings (SSSR count). The molecular formula is C11H13ClN4. The number of rotatable bonds is 3. The number of benzene rings is 1. The summed E-state index contributed by atoms with van der Waals surface area (Å²) in [6.07, 6.45) is 1.74. The smallest absolute Gasteiger partial charge is 0.0774 e. The van der Waals surface area contributed by atoms with Gasteiger partial charge in [-0.15, -0.1) is 5.10 Å². The van der Waals surface area contributed by atoms with Gasteiger partial charge in [0, 0.05) is 7.05 Å². The van der Waals surface area contributed by atoms with Crippen LogP contribution in [0.5, 0.6) is 0 Å². The number of aromatic nitrogens is 3. The summed E-state index contributed by atoms with van der Waals surface area (Å²) in [6, 6.07) is 5.84. The topological polar surface area (TPSA) is 42.7 Å². The van der Waals surface area contributed by atoms with Crippen LogP contribution in [-0.2, 0) is 13.6 Å². The Morgan fingerprint density at radius 1 is 1.44 bits per heavy atom. The third-order valence-corrected chi connectivity index (χ3v) is 2.79. The zero-order chi connectivity index (χ0) is 11.5. The van der Waals surface area contributed by atoms with Crippen molar-refractivity contribution in [2.24, 2.45) is 7.05 Å². The first-order valence-electron chi connectivity index (χ1n) is 5.01. The second kappa shape index (κ2) is 4.53. The van der Waals surface area contributed by atoms with Gasteiger partial charge in [-0.2, -0.15) is 0 Å². The number of halogens is 1. The van der Waals surface area contributed by atoms with Crippen molar-refractivity contribution in [2.45, 2.75) is 13.5 Å². The minimum absolute atomic E-state index is 0.661. The van der Waals surface area contributed by atoms with Gasteiger partial charge >= 0.3 is 0 Å². The van der Waals surface area contributed by atoms with Crippen LogP contribution in [0.1, 0.15) is 11.3 Å². The van der Waals surface area contributed by atoms with E-state index in [-0.39, 0.29) is 0 Å². The fourth-order valence-corrected chi connectivity index (χ4v) is 1.79. The lowest BCUT2D eigenvalue weighted by molar-refractivity contribution is 0.683. The molecule has 0 amide bonds. The van der Waals surface area contributed by atoms with E-state index in [9.17, 15) is 0 Å². The summed E-state index contributed by atoms with van der Waals surface area (Å²) >= 11 is 6.11. The first-order chi connectivity index (χ1) is 7.68. The van der Waals surface area contributed by atoms with Crippen LogP contribution in [0.25, 0.3) is 0 Å². The molecule has 1 aromatic heterocycles. The quantitative estimate of drug-likeness (QED) is 0.890. The molecular weight excluding hydrogens is 224 g/mol. The van der Waals surface area contributed by atoms with Crippen molar-refractivity contribution in [3.8, 4) is 0 Å². The molecule has 0 aliphatic heterocycles. The Morgan fingerprint density at radius 2 is 2.25 bits per heavy atom. The van der Waals surface area contributed by atoms with E-state index < -0.39 is 0 Å². The summed E-state index contributed by atoms with van der Waals surface area (Å²) in [4.78, 5) is 0. The maximum absolute atomic E-state index is 6.11. The lowest BCUT2D eigenvalue weighted by Crippen LogP contribution is -2.06. The van der Waals surface area contributed by atoms with E-state index in [1.807, 2.05) is 32.2 Å². The van der Waals surface area contributed by atoms with E-state index in [1.54, 1.807) is 10.9 Å². The van der Waals surface area contributed by atoms with Gasteiger partial charge in [0.1, 0.15) is 0 Å². The van der Waals surface area contributed by atoms with E-state index in [0.717, 1.165) is 22.0 Å². The molecule has 0 fully saturated rings. The Balaban J connectivity index is 2.14. The molecule has 0 radical (unpaired) electrons. The number of para-hydroxylation sites is 1. The van der Waals surface area contributed by atoms with Crippen molar-refractivity contribution >= 4 is 17.3 Å². The molecule has 1 aromatic carbocycles. The van der Waals surface area contributed by atoms with Crippen LogP contribution < -0.4 is 5.32 Å². The fraction of sp³-hybridized carbons (Fsp3) is 0.273. The largest absolute Gasteiger partial charge is 0.378 e. The maximum Gasteiger partial charge on any atom is 0.0774 e. The van der Waals surface area contributed by atoms with E-state index in [4.69, 9.17) is 11.6 Å². The minimum atomic E-state index is 0.661. The molecule has 0 bridgehead atoms. The van der Waals surface area contributed by atoms with Gasteiger partial charge in [0.05, 0.1) is 29.1 Å². The first-order valence-corrected chi connectivity index (χ1v) is 5.39. The summed E-state index contributed by atoms with van der Waals surface area (Å²) in [5.74, 6) is 0. The summed E-state index contributed by atoms with van der Waals surface area (Å²) in [5.41, 5.74) is 3.10. The van der Waals surface area contributed by atoms with E-state index >= 15 is 0 Å². The highest BCUT2D eigenvalue weighted by Gasteiger charge is 2.04. The molecule has 0 atom stereocenters. The Hall–Kier alpha value is -1.55. The number of hydrogen-bond acceptors (Lipinski definition) is 3. The van der Waals surface area contributed by atoms with Gasteiger partial charge in [-0.05, 0) is 18.6 Å². The van der Waals surface area contributed by atoms with Gasteiger partial charge < -0.3 is 5.32 Å². The van der Waals surface area contributed by atoms with Crippen molar-refractivity contribution in [2.75, 3.05) is 5.32 Å². The van der Waals surface area contributed by atoms with Crippen molar-refractivity contribution < 1.29 is 0 Å². The lowest BCUT2D eigenvalue weighted by Gasteiger charge is -2.10. The van der Waals surface area contributed by atoms with Gasteiger partial charge in [0.25, 0.3) is 0 Å². The molecule has 0 saturated carbocycles. The van der Waals surface area contributed by atoms with E-state index in [2.05, 4.69) is 15.6 Å². The molecule has 5 heteroatoms. The SMILES string of the molecule is Cc1cccc(Cl)c1NCc1cnnn1C. The Morgan fingerprint density at radius 3 is 2.88 bits per heavy atom. The highest BCUT2D eigenvalue weighted by atomic mass is 35.5. The van der Waals surface area contributed by atoms with Crippen molar-refractivity contribution in [1.82, 2.24) is 15.0 Å². The second-order valence-corrected chi connectivity index (χ2v) is 4.04. The van der Waals surface area contributed by atoms with Crippen LogP contribution in [0.2, 0.25) is 5.02 Å². The molecule has 0 aliphatic rings. The van der Waals surface area contributed by atoms with Crippen LogP contribution in [0.15, 0.2) is 24.4 Å². The van der Waals surface area contributed by atoms with Crippen LogP contribution in [0.3, 0.4) is 0 Å². The van der Waals surface area contributed by atoms with Crippen LogP contribution in [0, 0.1) is 6.92 Å². The highest BCUT2D eigenvalue weighted by Crippen LogP contribution is 2.25. The van der Waals surface area contributed by atoms with Crippen LogP contribution in [0.4, 0.5) is 5.69 Å². The number of aryl methyl sites for hydroxylation is 2. The maximum atomic E-state index is 6.11. The van der Waals surface area contributed by atoms with E-state index in [1.165, 1.54) is 0 Å². The van der Waals surface area contributed by atoms with Gasteiger partial charge in [-0.3, -0.25) is 4.68 Å². The van der Waals surface area contributed by atoms with Crippen molar-refractivity contribution in [3.63, 3.8) is 0 Å². The summed E-state index contributed by atoms with van der Waals surface area (Å²) < 4.78 is 1.74. The normalized spacial score (nSPS) is 10.4. The molecule has 4 nitrogen and oxygen atoms in total. The number of anilines is 1. The molecule has 0 aliphatic carbocycles. The Kier molecular flexibility index (Phi) is 3.10. The third kappa shape index (κ3) is 2.17. The molecule has 0 spiro atoms. The molecule has 0 saturated heterocycles. The monoisotopic (exact) mass is 236 g/mol. The Bertz CT molecular complexity index is 472. The molecule has 1 heterocycles. The number of hydrogen-bond donors (Lipinski definition) is 1. The standard InChI is InChI=1S/C11H13ClN4/c1-8-4-3-5-10(12)11(8)13-6-9-7-14-15-16(9)2/h3-5,7,13H,6H2,1-2H3. The lowest BCUT2D eigenvalue weighted by atomic mass is 10.2. The zero-order valence-corrected chi connectivity index (χ0v) is 9.99. The van der Waals surface area contributed by atoms with Crippen molar-refractivity contribution in [3.05, 3.63) is 40.7 Å². The average Bonchev–Trinajstić information content (AvgIpc) is 2.64. The zero-order valence-electron chi connectivity index (χ0n) is 9.24. The van der Waals surface area contributed by atoms with Gasteiger partial charge in [0.2, 0.25) is 0 Å².